The number of nitrogens with one attached hydrogen (secondary N) is 1. The van der Waals surface area contributed by atoms with E-state index in [1.54, 1.807) is 25.3 Å². The number of benzene rings is 2. The van der Waals surface area contributed by atoms with Crippen LogP contribution in [0.3, 0.4) is 0 Å². The van der Waals surface area contributed by atoms with Crippen LogP contribution in [0.25, 0.3) is 0 Å². The third kappa shape index (κ3) is 5.09. The average Bonchev–Trinajstić information content (AvgIpc) is 3.19. The van der Waals surface area contributed by atoms with Gasteiger partial charge in [-0.05, 0) is 56.0 Å². The number of β-amino-alcohol motifs (C(OH)–C–C–N with tert-alkyl or cyclic N) is 1. The zero-order valence-corrected chi connectivity index (χ0v) is 19.4. The Morgan fingerprint density at radius 1 is 1.22 bits per heavy atom. The number of hydrogen-bond donors (Lipinski definition) is 2. The lowest BCUT2D eigenvalue weighted by atomic mass is 9.82. The van der Waals surface area contributed by atoms with Gasteiger partial charge >= 0.3 is 0 Å². The average molecular weight is 458 g/mol. The molecule has 2 heterocycles. The number of aliphatic hydroxyl groups is 1. The lowest BCUT2D eigenvalue weighted by Crippen LogP contribution is -2.62. The second-order valence-electron chi connectivity index (χ2n) is 8.83. The van der Waals surface area contributed by atoms with E-state index in [1.807, 2.05) is 11.0 Å². The molecule has 0 aromatic heterocycles. The van der Waals surface area contributed by atoms with Crippen molar-refractivity contribution in [3.05, 3.63) is 59.1 Å². The van der Waals surface area contributed by atoms with Gasteiger partial charge in [0.1, 0.15) is 5.75 Å². The van der Waals surface area contributed by atoms with Gasteiger partial charge in [-0.3, -0.25) is 14.6 Å². The molecule has 0 radical (unpaired) electrons. The maximum Gasteiger partial charge on any atom is 0.238 e. The number of aliphatic hydroxyl groups excluding tert-OH is 1. The molecule has 7 heteroatoms. The Bertz CT molecular complexity index is 926. The minimum Gasteiger partial charge on any atom is -0.495 e. The van der Waals surface area contributed by atoms with E-state index in [9.17, 15) is 9.90 Å². The topological polar surface area (TPSA) is 65.0 Å². The van der Waals surface area contributed by atoms with Gasteiger partial charge in [0.25, 0.3) is 0 Å². The number of anilines is 1. The number of halogens is 1. The van der Waals surface area contributed by atoms with Gasteiger partial charge in [0, 0.05) is 30.9 Å². The predicted octanol–water partition coefficient (Wildman–Crippen LogP) is 3.43. The first-order valence-corrected chi connectivity index (χ1v) is 11.7. The number of rotatable bonds is 7. The maximum absolute atomic E-state index is 12.6. The van der Waals surface area contributed by atoms with Gasteiger partial charge in [0.15, 0.2) is 0 Å². The van der Waals surface area contributed by atoms with E-state index in [0.29, 0.717) is 23.0 Å². The van der Waals surface area contributed by atoms with Crippen molar-refractivity contribution in [2.45, 2.75) is 37.3 Å². The van der Waals surface area contributed by atoms with Gasteiger partial charge in [-0.25, -0.2) is 0 Å². The van der Waals surface area contributed by atoms with Gasteiger partial charge in [0.05, 0.1) is 24.8 Å². The minimum absolute atomic E-state index is 0.110. The molecular formula is C25H32ClN3O3. The number of hydrogen-bond acceptors (Lipinski definition) is 5. The van der Waals surface area contributed by atoms with Crippen molar-refractivity contribution in [1.82, 2.24) is 9.80 Å². The van der Waals surface area contributed by atoms with Crippen molar-refractivity contribution in [2.75, 3.05) is 45.2 Å². The summed E-state index contributed by atoms with van der Waals surface area (Å²) in [5, 5.41) is 14.5. The van der Waals surface area contributed by atoms with Crippen LogP contribution in [0.4, 0.5) is 5.69 Å². The minimum atomic E-state index is -0.460. The highest BCUT2D eigenvalue weighted by Gasteiger charge is 2.49. The number of nitrogens with zero attached hydrogens (tertiary/aromatic N) is 2. The fourth-order valence-electron chi connectivity index (χ4n) is 5.18. The number of ether oxygens (including phenoxy) is 1. The van der Waals surface area contributed by atoms with E-state index in [1.165, 1.54) is 5.56 Å². The molecule has 0 aliphatic carbocycles. The molecule has 2 fully saturated rings. The fraction of sp³-hybridized carbons (Fsp3) is 0.480. The highest BCUT2D eigenvalue weighted by molar-refractivity contribution is 6.32. The van der Waals surface area contributed by atoms with Crippen LogP contribution in [0.2, 0.25) is 5.02 Å². The van der Waals surface area contributed by atoms with Crippen molar-refractivity contribution in [3.8, 4) is 5.75 Å². The van der Waals surface area contributed by atoms with Gasteiger partial charge in [-0.1, -0.05) is 41.9 Å². The summed E-state index contributed by atoms with van der Waals surface area (Å²) in [7, 11) is 1.56. The SMILES string of the molecule is COc1ccc(NC(=O)CN2CC[C@@]3(CCCN3CCc3ccccc3)[C@@H](O)C2)cc1Cl. The maximum atomic E-state index is 12.6. The number of carbonyl (C=O) groups excluding carboxylic acids is 1. The summed E-state index contributed by atoms with van der Waals surface area (Å²) in [6.07, 6.45) is 3.55. The first kappa shape index (κ1) is 23.1. The Balaban J connectivity index is 1.31. The van der Waals surface area contributed by atoms with E-state index in [2.05, 4.69) is 34.5 Å². The van der Waals surface area contributed by atoms with Crippen LogP contribution >= 0.6 is 11.6 Å². The van der Waals surface area contributed by atoms with E-state index in [-0.39, 0.29) is 18.0 Å². The monoisotopic (exact) mass is 457 g/mol. The van der Waals surface area contributed by atoms with Crippen molar-refractivity contribution >= 4 is 23.2 Å². The van der Waals surface area contributed by atoms with Crippen LogP contribution in [-0.4, -0.2) is 72.3 Å². The summed E-state index contributed by atoms with van der Waals surface area (Å²) in [6, 6.07) is 15.7. The second kappa shape index (κ2) is 10.2. The van der Waals surface area contributed by atoms with Crippen LogP contribution in [0.5, 0.6) is 5.75 Å². The third-order valence-corrected chi connectivity index (χ3v) is 7.19. The molecule has 2 aromatic rings. The van der Waals surface area contributed by atoms with E-state index < -0.39 is 6.10 Å². The number of carbonyl (C=O) groups is 1. The van der Waals surface area contributed by atoms with Crippen LogP contribution < -0.4 is 10.1 Å². The Kier molecular flexibility index (Phi) is 7.36. The molecule has 2 saturated heterocycles. The molecule has 0 unspecified atom stereocenters. The molecular weight excluding hydrogens is 426 g/mol. The highest BCUT2D eigenvalue weighted by Crippen LogP contribution is 2.38. The largest absolute Gasteiger partial charge is 0.495 e. The number of methoxy groups -OCH3 is 1. The molecule has 172 valence electrons. The van der Waals surface area contributed by atoms with Crippen molar-refractivity contribution in [2.24, 2.45) is 0 Å². The normalized spacial score (nSPS) is 24.0. The highest BCUT2D eigenvalue weighted by atomic mass is 35.5. The van der Waals surface area contributed by atoms with Gasteiger partial charge in [-0.15, -0.1) is 0 Å². The lowest BCUT2D eigenvalue weighted by molar-refractivity contribution is -0.120. The van der Waals surface area contributed by atoms with Gasteiger partial charge in [0.2, 0.25) is 5.91 Å². The second-order valence-corrected chi connectivity index (χ2v) is 9.24. The summed E-state index contributed by atoms with van der Waals surface area (Å²) in [6.45, 7) is 3.55. The molecule has 2 N–H and O–H groups in total. The Hall–Kier alpha value is -2.12. The Morgan fingerprint density at radius 3 is 2.75 bits per heavy atom. The van der Waals surface area contributed by atoms with E-state index in [0.717, 1.165) is 45.3 Å². The molecule has 2 aliphatic heterocycles. The molecule has 0 saturated carbocycles. The molecule has 0 bridgehead atoms. The summed E-state index contributed by atoms with van der Waals surface area (Å²) in [5.74, 6) is 0.462. The van der Waals surface area contributed by atoms with Crippen molar-refractivity contribution in [1.29, 1.82) is 0 Å². The molecule has 2 atom stereocenters. The quantitative estimate of drug-likeness (QED) is 0.666. The van der Waals surface area contributed by atoms with Crippen LogP contribution in [0.1, 0.15) is 24.8 Å². The third-order valence-electron chi connectivity index (χ3n) is 6.90. The van der Waals surface area contributed by atoms with E-state index in [4.69, 9.17) is 16.3 Å². The molecule has 1 spiro atoms. The van der Waals surface area contributed by atoms with Gasteiger partial charge < -0.3 is 15.2 Å². The van der Waals surface area contributed by atoms with Crippen LogP contribution in [0.15, 0.2) is 48.5 Å². The smallest absolute Gasteiger partial charge is 0.238 e. The Morgan fingerprint density at radius 2 is 2.03 bits per heavy atom. The van der Waals surface area contributed by atoms with Crippen LogP contribution in [-0.2, 0) is 11.2 Å². The molecule has 2 aromatic carbocycles. The van der Waals surface area contributed by atoms with Crippen molar-refractivity contribution < 1.29 is 14.6 Å². The van der Waals surface area contributed by atoms with Crippen molar-refractivity contribution in [3.63, 3.8) is 0 Å². The first-order valence-electron chi connectivity index (χ1n) is 11.3. The summed E-state index contributed by atoms with van der Waals surface area (Å²) in [5.41, 5.74) is 1.81. The summed E-state index contributed by atoms with van der Waals surface area (Å²) >= 11 is 6.15. The fourth-order valence-corrected chi connectivity index (χ4v) is 5.43. The van der Waals surface area contributed by atoms with Crippen LogP contribution in [0, 0.1) is 0 Å². The lowest BCUT2D eigenvalue weighted by Gasteiger charge is -2.48. The number of amides is 1. The number of likely N-dealkylation sites (tertiary alicyclic amines) is 2. The standard InChI is InChI=1S/C25H32ClN3O3/c1-32-22-9-8-20(16-21(22)26)27-24(31)18-28-15-12-25(23(30)17-28)11-5-13-29(25)14-10-19-6-3-2-4-7-19/h2-4,6-9,16,23,30H,5,10-15,17-18H2,1H3,(H,27,31)/t23-,25-/m0/s1. The van der Waals surface area contributed by atoms with Gasteiger partial charge in [-0.2, -0.15) is 0 Å². The molecule has 4 rings (SSSR count). The van der Waals surface area contributed by atoms with E-state index >= 15 is 0 Å². The Labute approximate surface area is 195 Å². The molecule has 1 amide bonds. The zero-order valence-electron chi connectivity index (χ0n) is 18.6. The summed E-state index contributed by atoms with van der Waals surface area (Å²) < 4.78 is 5.15. The molecule has 2 aliphatic rings. The predicted molar refractivity (Wildman–Crippen MR) is 127 cm³/mol. The zero-order chi connectivity index (χ0) is 22.6. The number of piperidine rings is 1. The molecule has 32 heavy (non-hydrogen) atoms. The summed E-state index contributed by atoms with van der Waals surface area (Å²) in [4.78, 5) is 17.1. The molecule has 6 nitrogen and oxygen atoms in total. The first-order chi connectivity index (χ1) is 15.5.